The summed E-state index contributed by atoms with van der Waals surface area (Å²) in [7, 11) is 0. The van der Waals surface area contributed by atoms with E-state index in [1.807, 2.05) is 25.1 Å². The fraction of sp³-hybridized carbons (Fsp3) is 0.417. The first-order chi connectivity index (χ1) is 7.74. The fourth-order valence-corrected chi connectivity index (χ4v) is 2.01. The average Bonchev–Trinajstić information content (AvgIpc) is 2.28. The molecule has 0 bridgehead atoms. The molecular weight excluding hydrogens is 226 g/mol. The highest BCUT2D eigenvalue weighted by Gasteiger charge is 2.26. The van der Waals surface area contributed by atoms with Crippen molar-refractivity contribution in [2.75, 3.05) is 23.9 Å². The Morgan fingerprint density at radius 2 is 2.31 bits per heavy atom. The van der Waals surface area contributed by atoms with Crippen LogP contribution >= 0.6 is 11.6 Å². The normalized spacial score (nSPS) is 14.6. The van der Waals surface area contributed by atoms with E-state index in [-0.39, 0.29) is 12.5 Å². The number of amides is 1. The second-order valence-electron chi connectivity index (χ2n) is 3.80. The molecule has 86 valence electrons. The molecule has 3 nitrogen and oxygen atoms in total. The van der Waals surface area contributed by atoms with E-state index in [2.05, 4.69) is 0 Å². The minimum atomic E-state index is 0.00640. The lowest BCUT2D eigenvalue weighted by Gasteiger charge is -2.30. The van der Waals surface area contributed by atoms with Crippen molar-refractivity contribution < 1.29 is 9.53 Å². The van der Waals surface area contributed by atoms with E-state index >= 15 is 0 Å². The Bertz CT molecular complexity index is 406. The number of carbonyl (C=O) groups is 1. The quantitative estimate of drug-likeness (QED) is 0.758. The third kappa shape index (κ3) is 2.00. The predicted octanol–water partition coefficient (Wildman–Crippen LogP) is 2.35. The first-order valence-electron chi connectivity index (χ1n) is 5.33. The SMILES string of the molecule is Cc1cccc2c1N(CCCCl)C(=O)CO2. The highest BCUT2D eigenvalue weighted by Crippen LogP contribution is 2.34. The second-order valence-corrected chi connectivity index (χ2v) is 4.18. The molecular formula is C12H14ClNO2. The maximum absolute atomic E-state index is 11.8. The van der Waals surface area contributed by atoms with Gasteiger partial charge in [-0.15, -0.1) is 11.6 Å². The molecule has 0 saturated carbocycles. The molecule has 0 saturated heterocycles. The Kier molecular flexibility index (Phi) is 3.34. The summed E-state index contributed by atoms with van der Waals surface area (Å²) in [6, 6.07) is 5.81. The van der Waals surface area contributed by atoms with E-state index in [0.29, 0.717) is 12.4 Å². The maximum atomic E-state index is 11.8. The first-order valence-corrected chi connectivity index (χ1v) is 5.86. The summed E-state index contributed by atoms with van der Waals surface area (Å²) in [4.78, 5) is 13.5. The summed E-state index contributed by atoms with van der Waals surface area (Å²) >= 11 is 5.67. The number of anilines is 1. The van der Waals surface area contributed by atoms with Gasteiger partial charge in [-0.2, -0.15) is 0 Å². The molecule has 0 N–H and O–H groups in total. The molecule has 1 aliphatic rings. The Labute approximate surface area is 100.0 Å². The highest BCUT2D eigenvalue weighted by atomic mass is 35.5. The van der Waals surface area contributed by atoms with Crippen LogP contribution in [0.3, 0.4) is 0 Å². The topological polar surface area (TPSA) is 29.5 Å². The molecule has 0 atom stereocenters. The molecule has 0 aliphatic carbocycles. The molecule has 1 heterocycles. The van der Waals surface area contributed by atoms with Crippen LogP contribution in [0.1, 0.15) is 12.0 Å². The van der Waals surface area contributed by atoms with Gasteiger partial charge in [-0.25, -0.2) is 0 Å². The lowest BCUT2D eigenvalue weighted by atomic mass is 10.1. The monoisotopic (exact) mass is 239 g/mol. The van der Waals surface area contributed by atoms with Gasteiger partial charge in [0.05, 0.1) is 5.69 Å². The van der Waals surface area contributed by atoms with Crippen molar-refractivity contribution in [3.05, 3.63) is 23.8 Å². The van der Waals surface area contributed by atoms with Crippen LogP contribution in [0, 0.1) is 6.92 Å². The molecule has 16 heavy (non-hydrogen) atoms. The van der Waals surface area contributed by atoms with Crippen LogP contribution in [0.25, 0.3) is 0 Å². The van der Waals surface area contributed by atoms with Crippen molar-refractivity contribution in [3.8, 4) is 5.75 Å². The summed E-state index contributed by atoms with van der Waals surface area (Å²) < 4.78 is 5.40. The van der Waals surface area contributed by atoms with Crippen molar-refractivity contribution in [1.29, 1.82) is 0 Å². The standard InChI is InChI=1S/C12H14ClNO2/c1-9-4-2-5-10-12(9)14(7-3-6-13)11(15)8-16-10/h2,4-5H,3,6-8H2,1H3. The van der Waals surface area contributed by atoms with Gasteiger partial charge in [-0.05, 0) is 25.0 Å². The van der Waals surface area contributed by atoms with Crippen molar-refractivity contribution in [2.45, 2.75) is 13.3 Å². The number of hydrogen-bond acceptors (Lipinski definition) is 2. The minimum Gasteiger partial charge on any atom is -0.482 e. The van der Waals surface area contributed by atoms with Gasteiger partial charge in [0.2, 0.25) is 0 Å². The van der Waals surface area contributed by atoms with Gasteiger partial charge < -0.3 is 9.64 Å². The van der Waals surface area contributed by atoms with Gasteiger partial charge in [0.15, 0.2) is 6.61 Å². The van der Waals surface area contributed by atoms with Crippen LogP contribution in [0.2, 0.25) is 0 Å². The summed E-state index contributed by atoms with van der Waals surface area (Å²) in [5.41, 5.74) is 1.95. The lowest BCUT2D eigenvalue weighted by Crippen LogP contribution is -2.40. The van der Waals surface area contributed by atoms with Crippen LogP contribution < -0.4 is 9.64 Å². The Balaban J connectivity index is 2.35. The van der Waals surface area contributed by atoms with Gasteiger partial charge >= 0.3 is 0 Å². The third-order valence-electron chi connectivity index (χ3n) is 2.64. The Morgan fingerprint density at radius 1 is 1.50 bits per heavy atom. The molecule has 0 aromatic heterocycles. The van der Waals surface area contributed by atoms with E-state index < -0.39 is 0 Å². The van der Waals surface area contributed by atoms with Gasteiger partial charge in [0, 0.05) is 12.4 Å². The van der Waals surface area contributed by atoms with Crippen molar-refractivity contribution in [2.24, 2.45) is 0 Å². The molecule has 2 rings (SSSR count). The summed E-state index contributed by atoms with van der Waals surface area (Å²) in [5, 5.41) is 0. The van der Waals surface area contributed by atoms with Gasteiger partial charge in [-0.3, -0.25) is 4.79 Å². The zero-order valence-electron chi connectivity index (χ0n) is 9.20. The van der Waals surface area contributed by atoms with E-state index in [1.54, 1.807) is 4.90 Å². The number of halogens is 1. The second kappa shape index (κ2) is 4.74. The van der Waals surface area contributed by atoms with E-state index in [4.69, 9.17) is 16.3 Å². The third-order valence-corrected chi connectivity index (χ3v) is 2.91. The number of ether oxygens (including phenoxy) is 1. The minimum absolute atomic E-state index is 0.00640. The zero-order valence-corrected chi connectivity index (χ0v) is 9.96. The molecule has 0 spiro atoms. The number of para-hydroxylation sites is 1. The lowest BCUT2D eigenvalue weighted by molar-refractivity contribution is -0.121. The highest BCUT2D eigenvalue weighted by molar-refractivity contribution is 6.17. The van der Waals surface area contributed by atoms with Gasteiger partial charge in [-0.1, -0.05) is 12.1 Å². The number of fused-ring (bicyclic) bond motifs is 1. The van der Waals surface area contributed by atoms with Crippen LogP contribution in [0.5, 0.6) is 5.75 Å². The predicted molar refractivity (Wildman–Crippen MR) is 64.4 cm³/mol. The number of nitrogens with zero attached hydrogens (tertiary/aromatic N) is 1. The molecule has 1 aromatic carbocycles. The molecule has 0 unspecified atom stereocenters. The molecule has 1 amide bonds. The number of benzene rings is 1. The number of carbonyl (C=O) groups excluding carboxylic acids is 1. The summed E-state index contributed by atoms with van der Waals surface area (Å²) in [6.07, 6.45) is 0.793. The van der Waals surface area contributed by atoms with Crippen molar-refractivity contribution in [3.63, 3.8) is 0 Å². The van der Waals surface area contributed by atoms with Crippen LogP contribution in [0.4, 0.5) is 5.69 Å². The van der Waals surface area contributed by atoms with Crippen LogP contribution in [0.15, 0.2) is 18.2 Å². The molecule has 1 aliphatic heterocycles. The number of alkyl halides is 1. The zero-order chi connectivity index (χ0) is 11.5. The van der Waals surface area contributed by atoms with E-state index in [1.165, 1.54) is 0 Å². The summed E-state index contributed by atoms with van der Waals surface area (Å²) in [6.45, 7) is 2.76. The smallest absolute Gasteiger partial charge is 0.265 e. The van der Waals surface area contributed by atoms with Gasteiger partial charge in [0.1, 0.15) is 5.75 Å². The fourth-order valence-electron chi connectivity index (χ4n) is 1.89. The van der Waals surface area contributed by atoms with E-state index in [0.717, 1.165) is 23.4 Å². The number of aryl methyl sites for hydroxylation is 1. The number of hydrogen-bond donors (Lipinski definition) is 0. The largest absolute Gasteiger partial charge is 0.482 e. The van der Waals surface area contributed by atoms with E-state index in [9.17, 15) is 4.79 Å². The van der Waals surface area contributed by atoms with Crippen LogP contribution in [-0.2, 0) is 4.79 Å². The van der Waals surface area contributed by atoms with Gasteiger partial charge in [0.25, 0.3) is 5.91 Å². The maximum Gasteiger partial charge on any atom is 0.265 e. The summed E-state index contributed by atoms with van der Waals surface area (Å²) in [5.74, 6) is 1.35. The number of rotatable bonds is 3. The molecule has 1 aromatic rings. The Morgan fingerprint density at radius 3 is 3.06 bits per heavy atom. The first kappa shape index (κ1) is 11.3. The van der Waals surface area contributed by atoms with Crippen molar-refractivity contribution in [1.82, 2.24) is 0 Å². The molecule has 0 radical (unpaired) electrons. The molecule has 0 fully saturated rings. The average molecular weight is 240 g/mol. The van der Waals surface area contributed by atoms with Crippen LogP contribution in [-0.4, -0.2) is 24.9 Å². The Hall–Kier alpha value is -1.22. The molecule has 4 heteroatoms. The van der Waals surface area contributed by atoms with Crippen molar-refractivity contribution >= 4 is 23.2 Å².